The lowest BCUT2D eigenvalue weighted by molar-refractivity contribution is -0.131. The number of amides is 2. The molecule has 0 saturated carbocycles. The molecule has 3 atom stereocenters. The number of rotatable bonds is 0. The molecule has 0 spiro atoms. The molecule has 0 radical (unpaired) electrons. The maximum Gasteiger partial charge on any atom is 0.242 e. The fraction of sp³-hybridized carbons (Fsp3) is 0.391. The third kappa shape index (κ3) is 3.12. The second kappa shape index (κ2) is 7.30. The molecular weight excluding hydrogens is 406 g/mol. The summed E-state index contributed by atoms with van der Waals surface area (Å²) in [6, 6.07) is 11.7. The molecule has 1 fully saturated rings. The fourth-order valence-electron chi connectivity index (χ4n) is 5.15. The minimum atomic E-state index is -0.228. The van der Waals surface area contributed by atoms with Crippen LogP contribution in [-0.2, 0) is 16.1 Å². The van der Waals surface area contributed by atoms with Crippen molar-refractivity contribution in [2.75, 3.05) is 25.5 Å². The third-order valence-electron chi connectivity index (χ3n) is 6.70. The first-order chi connectivity index (χ1) is 15.6. The lowest BCUT2D eigenvalue weighted by atomic mass is 9.98. The molecule has 0 aliphatic carbocycles. The number of nitrogens with zero attached hydrogens (tertiary/aromatic N) is 4. The SMILES string of the molecule is CN1CCC2NC(=O)Cn3nc4cccc(c4c32)-c2cccc(n2)NC2CNC(C2)C1=O. The highest BCUT2D eigenvalue weighted by molar-refractivity contribution is 5.97. The molecule has 164 valence electrons. The summed E-state index contributed by atoms with van der Waals surface area (Å²) in [5, 5.41) is 15.7. The summed E-state index contributed by atoms with van der Waals surface area (Å²) in [7, 11) is 1.83. The van der Waals surface area contributed by atoms with Gasteiger partial charge in [0, 0.05) is 37.1 Å². The standard InChI is InChI=1S/C23H25N7O2/c1-29-9-8-17-22-21-14(4-2-6-16(21)28-30(22)12-20(31)27-17)15-5-3-7-19(26-15)25-13-10-18(23(29)32)24-11-13/h2-7,13,17-18,24H,8-12H2,1H3,(H,25,26)(H,27,31). The van der Waals surface area contributed by atoms with E-state index >= 15 is 0 Å². The first-order valence-electron chi connectivity index (χ1n) is 11.1. The number of benzene rings is 1. The van der Waals surface area contributed by atoms with Gasteiger partial charge in [0.05, 0.1) is 29.0 Å². The minimum absolute atomic E-state index is 0.0617. The number of aromatic nitrogens is 3. The van der Waals surface area contributed by atoms with Gasteiger partial charge in [0.25, 0.3) is 0 Å². The van der Waals surface area contributed by atoms with Gasteiger partial charge in [-0.1, -0.05) is 18.2 Å². The molecule has 3 N–H and O–H groups in total. The Hall–Kier alpha value is -3.46. The van der Waals surface area contributed by atoms with Crippen LogP contribution in [0.3, 0.4) is 0 Å². The number of nitrogens with one attached hydrogen (secondary N) is 3. The summed E-state index contributed by atoms with van der Waals surface area (Å²) in [4.78, 5) is 32.1. The summed E-state index contributed by atoms with van der Waals surface area (Å²) in [6.45, 7) is 1.44. The van der Waals surface area contributed by atoms with Crippen LogP contribution in [0.1, 0.15) is 24.6 Å². The summed E-state index contributed by atoms with van der Waals surface area (Å²) in [5.41, 5.74) is 3.68. The Labute approximate surface area is 185 Å². The van der Waals surface area contributed by atoms with Gasteiger partial charge in [0.15, 0.2) is 0 Å². The van der Waals surface area contributed by atoms with Crippen molar-refractivity contribution in [3.8, 4) is 11.3 Å². The number of carbonyl (C=O) groups excluding carboxylic acids is 2. The van der Waals surface area contributed by atoms with Gasteiger partial charge in [-0.15, -0.1) is 0 Å². The zero-order valence-corrected chi connectivity index (χ0v) is 17.8. The van der Waals surface area contributed by atoms with E-state index in [-0.39, 0.29) is 36.5 Å². The monoisotopic (exact) mass is 431 g/mol. The molecular formula is C23H25N7O2. The molecule has 32 heavy (non-hydrogen) atoms. The van der Waals surface area contributed by atoms with E-state index in [9.17, 15) is 9.59 Å². The van der Waals surface area contributed by atoms with Gasteiger partial charge in [0.1, 0.15) is 12.4 Å². The summed E-state index contributed by atoms with van der Waals surface area (Å²) < 4.78 is 1.81. The van der Waals surface area contributed by atoms with E-state index in [1.165, 1.54) is 0 Å². The van der Waals surface area contributed by atoms with E-state index in [0.717, 1.165) is 33.7 Å². The molecule has 3 aromatic rings. The zero-order chi connectivity index (χ0) is 21.8. The van der Waals surface area contributed by atoms with Gasteiger partial charge < -0.3 is 20.9 Å². The molecule has 5 heterocycles. The van der Waals surface area contributed by atoms with E-state index < -0.39 is 0 Å². The van der Waals surface area contributed by atoms with E-state index in [4.69, 9.17) is 10.1 Å². The Kier molecular flexibility index (Phi) is 4.39. The average molecular weight is 432 g/mol. The van der Waals surface area contributed by atoms with Crippen molar-refractivity contribution in [2.24, 2.45) is 0 Å². The smallest absolute Gasteiger partial charge is 0.242 e. The van der Waals surface area contributed by atoms with Crippen LogP contribution >= 0.6 is 0 Å². The number of anilines is 1. The lowest BCUT2D eigenvalue weighted by Crippen LogP contribution is -2.44. The van der Waals surface area contributed by atoms with Gasteiger partial charge >= 0.3 is 0 Å². The number of likely N-dealkylation sites (N-methyl/N-ethyl adjacent to an activating group) is 1. The van der Waals surface area contributed by atoms with E-state index in [1.807, 2.05) is 42.1 Å². The van der Waals surface area contributed by atoms with Gasteiger partial charge in [-0.05, 0) is 31.0 Å². The quantitative estimate of drug-likeness (QED) is 0.495. The molecule has 6 rings (SSSR count). The number of pyridine rings is 1. The van der Waals surface area contributed by atoms with Gasteiger partial charge in [-0.3, -0.25) is 14.3 Å². The van der Waals surface area contributed by atoms with Gasteiger partial charge in [-0.25, -0.2) is 4.98 Å². The van der Waals surface area contributed by atoms with Crippen LogP contribution in [0.25, 0.3) is 22.2 Å². The molecule has 9 heteroatoms. The van der Waals surface area contributed by atoms with Crippen LogP contribution in [0.4, 0.5) is 5.82 Å². The minimum Gasteiger partial charge on any atom is -0.366 e. The first kappa shape index (κ1) is 19.2. The Morgan fingerprint density at radius 2 is 1.94 bits per heavy atom. The predicted molar refractivity (Wildman–Crippen MR) is 120 cm³/mol. The van der Waals surface area contributed by atoms with Crippen LogP contribution in [-0.4, -0.2) is 63.7 Å². The normalized spacial score (nSPS) is 25.2. The van der Waals surface area contributed by atoms with Crippen molar-refractivity contribution in [2.45, 2.75) is 37.5 Å². The van der Waals surface area contributed by atoms with Crippen molar-refractivity contribution < 1.29 is 9.59 Å². The van der Waals surface area contributed by atoms with Crippen molar-refractivity contribution in [3.63, 3.8) is 0 Å². The highest BCUT2D eigenvalue weighted by atomic mass is 16.2. The molecule has 9 nitrogen and oxygen atoms in total. The Balaban J connectivity index is 1.53. The van der Waals surface area contributed by atoms with Crippen molar-refractivity contribution in [1.82, 2.24) is 30.3 Å². The molecule has 3 aliphatic heterocycles. The second-order valence-corrected chi connectivity index (χ2v) is 8.86. The second-order valence-electron chi connectivity index (χ2n) is 8.86. The maximum atomic E-state index is 13.0. The van der Waals surface area contributed by atoms with Crippen molar-refractivity contribution in [3.05, 3.63) is 42.1 Å². The molecule has 3 unspecified atom stereocenters. The summed E-state index contributed by atoms with van der Waals surface area (Å²) in [5.74, 6) is 0.800. The van der Waals surface area contributed by atoms with Crippen molar-refractivity contribution >= 4 is 28.5 Å². The predicted octanol–water partition coefficient (Wildman–Crippen LogP) is 1.27. The number of hydrogen-bond acceptors (Lipinski definition) is 6. The van der Waals surface area contributed by atoms with Gasteiger partial charge in [0.2, 0.25) is 11.8 Å². The maximum absolute atomic E-state index is 13.0. The largest absolute Gasteiger partial charge is 0.366 e. The average Bonchev–Trinajstić information content (AvgIpc) is 3.40. The van der Waals surface area contributed by atoms with Crippen LogP contribution in [0.15, 0.2) is 36.4 Å². The molecule has 2 aromatic heterocycles. The molecule has 3 aliphatic rings. The Bertz CT molecular complexity index is 1240. The van der Waals surface area contributed by atoms with E-state index in [1.54, 1.807) is 4.90 Å². The van der Waals surface area contributed by atoms with Crippen LogP contribution in [0.5, 0.6) is 0 Å². The topological polar surface area (TPSA) is 104 Å². The number of hydrogen-bond donors (Lipinski definition) is 3. The van der Waals surface area contributed by atoms with Crippen LogP contribution in [0.2, 0.25) is 0 Å². The number of carbonyl (C=O) groups is 2. The molecule has 4 bridgehead atoms. The number of fused-ring (bicyclic) bond motifs is 5. The van der Waals surface area contributed by atoms with Crippen molar-refractivity contribution in [1.29, 1.82) is 0 Å². The highest BCUT2D eigenvalue weighted by Gasteiger charge is 2.34. The molecule has 1 saturated heterocycles. The summed E-state index contributed by atoms with van der Waals surface area (Å²) >= 11 is 0. The Morgan fingerprint density at radius 3 is 2.84 bits per heavy atom. The van der Waals surface area contributed by atoms with Crippen LogP contribution in [0, 0.1) is 0 Å². The molecule has 2 amide bonds. The fourth-order valence-corrected chi connectivity index (χ4v) is 5.15. The summed E-state index contributed by atoms with van der Waals surface area (Å²) in [6.07, 6.45) is 1.32. The highest BCUT2D eigenvalue weighted by Crippen LogP contribution is 2.36. The van der Waals surface area contributed by atoms with Gasteiger partial charge in [-0.2, -0.15) is 5.10 Å². The third-order valence-corrected chi connectivity index (χ3v) is 6.70. The molecule has 1 aromatic carbocycles. The Morgan fingerprint density at radius 1 is 1.06 bits per heavy atom. The zero-order valence-electron chi connectivity index (χ0n) is 17.8. The van der Waals surface area contributed by atoms with Crippen LogP contribution < -0.4 is 16.0 Å². The lowest BCUT2D eigenvalue weighted by Gasteiger charge is -2.28. The van der Waals surface area contributed by atoms with E-state index in [0.29, 0.717) is 25.9 Å². The first-order valence-corrected chi connectivity index (χ1v) is 11.1. The van der Waals surface area contributed by atoms with E-state index in [2.05, 4.69) is 22.0 Å².